The van der Waals surface area contributed by atoms with Crippen LogP contribution in [0.3, 0.4) is 0 Å². The average Bonchev–Trinajstić information content (AvgIpc) is 2.69. The van der Waals surface area contributed by atoms with Gasteiger partial charge in [0.1, 0.15) is 0 Å². The summed E-state index contributed by atoms with van der Waals surface area (Å²) >= 11 is 0. The van der Waals surface area contributed by atoms with Crippen molar-refractivity contribution in [3.8, 4) is 11.1 Å². The summed E-state index contributed by atoms with van der Waals surface area (Å²) in [6.07, 6.45) is -0.652. The fourth-order valence-corrected chi connectivity index (χ4v) is 3.07. The van der Waals surface area contributed by atoms with Gasteiger partial charge in [-0.2, -0.15) is 0 Å². The summed E-state index contributed by atoms with van der Waals surface area (Å²) in [5.74, 6) is -3.04. The van der Waals surface area contributed by atoms with E-state index in [2.05, 4.69) is 4.74 Å². The van der Waals surface area contributed by atoms with E-state index in [1.165, 1.54) is 14.2 Å². The zero-order chi connectivity index (χ0) is 22.3. The van der Waals surface area contributed by atoms with Gasteiger partial charge >= 0.3 is 23.9 Å². The lowest BCUT2D eigenvalue weighted by atomic mass is 9.92. The van der Waals surface area contributed by atoms with Crippen molar-refractivity contribution in [2.24, 2.45) is 0 Å². The maximum atomic E-state index is 11.7. The van der Waals surface area contributed by atoms with E-state index in [4.69, 9.17) is 9.84 Å². The maximum Gasteiger partial charge on any atom is 0.309 e. The normalized spacial score (nSPS) is 10.3. The highest BCUT2D eigenvalue weighted by Gasteiger charge is 2.15. The quantitative estimate of drug-likeness (QED) is 0.597. The van der Waals surface area contributed by atoms with Gasteiger partial charge in [0, 0.05) is 0 Å². The van der Waals surface area contributed by atoms with Crippen molar-refractivity contribution >= 4 is 23.9 Å². The number of benzene rings is 2. The predicted octanol–water partition coefficient (Wildman–Crippen LogP) is 2.04. The molecular weight excluding hydrogens is 392 g/mol. The summed E-state index contributed by atoms with van der Waals surface area (Å²) in [6, 6.07) is 10.1. The van der Waals surface area contributed by atoms with Gasteiger partial charge in [-0.05, 0) is 33.4 Å². The molecule has 2 N–H and O–H groups in total. The molecule has 0 bridgehead atoms. The highest BCUT2D eigenvalue weighted by atomic mass is 16.5. The van der Waals surface area contributed by atoms with E-state index >= 15 is 0 Å². The third kappa shape index (κ3) is 6.16. The zero-order valence-electron chi connectivity index (χ0n) is 16.6. The van der Waals surface area contributed by atoms with Crippen LogP contribution in [0.2, 0.25) is 0 Å². The summed E-state index contributed by atoms with van der Waals surface area (Å²) in [4.78, 5) is 45.7. The topological polar surface area (TPSA) is 127 Å². The molecule has 0 saturated heterocycles. The Labute approximate surface area is 173 Å². The molecule has 2 aromatic rings. The molecule has 0 heterocycles. The van der Waals surface area contributed by atoms with Crippen LogP contribution in [-0.4, -0.2) is 48.3 Å². The number of carbonyl (C=O) groups excluding carboxylic acids is 2. The molecule has 30 heavy (non-hydrogen) atoms. The smallest absolute Gasteiger partial charge is 0.309 e. The van der Waals surface area contributed by atoms with Crippen molar-refractivity contribution in [3.05, 3.63) is 58.7 Å². The first-order valence-electron chi connectivity index (χ1n) is 9.04. The Hall–Kier alpha value is -3.68. The number of hydrogen-bond donors (Lipinski definition) is 2. The monoisotopic (exact) mass is 414 g/mol. The van der Waals surface area contributed by atoms with Crippen molar-refractivity contribution in [2.75, 3.05) is 14.2 Å². The fourth-order valence-electron chi connectivity index (χ4n) is 3.07. The molecule has 0 fully saturated rings. The Morgan fingerprint density at radius 2 is 1.00 bits per heavy atom. The number of ether oxygens (including phenoxy) is 2. The predicted molar refractivity (Wildman–Crippen MR) is 106 cm³/mol. The van der Waals surface area contributed by atoms with Crippen molar-refractivity contribution in [1.29, 1.82) is 0 Å². The Kier molecular flexibility index (Phi) is 7.69. The number of rotatable bonds is 9. The third-order valence-corrected chi connectivity index (χ3v) is 4.55. The van der Waals surface area contributed by atoms with Crippen molar-refractivity contribution < 1.29 is 38.9 Å². The van der Waals surface area contributed by atoms with E-state index in [0.717, 1.165) is 0 Å². The molecule has 0 unspecified atom stereocenters. The lowest BCUT2D eigenvalue weighted by molar-refractivity contribution is -0.140. The Balaban J connectivity index is 2.49. The summed E-state index contributed by atoms with van der Waals surface area (Å²) in [5.41, 5.74) is 3.37. The van der Waals surface area contributed by atoms with Gasteiger partial charge in [0.2, 0.25) is 0 Å². The minimum atomic E-state index is -1.04. The zero-order valence-corrected chi connectivity index (χ0v) is 16.6. The van der Waals surface area contributed by atoms with Crippen LogP contribution in [0.1, 0.15) is 22.3 Å². The lowest BCUT2D eigenvalue weighted by Crippen LogP contribution is -2.10. The van der Waals surface area contributed by atoms with Gasteiger partial charge in [-0.15, -0.1) is 0 Å². The Bertz CT molecular complexity index is 977. The van der Waals surface area contributed by atoms with Gasteiger partial charge in [0.15, 0.2) is 0 Å². The van der Waals surface area contributed by atoms with E-state index in [-0.39, 0.29) is 25.7 Å². The van der Waals surface area contributed by atoms with Gasteiger partial charge in [-0.1, -0.05) is 36.4 Å². The molecule has 0 aromatic heterocycles. The molecule has 0 radical (unpaired) electrons. The highest BCUT2D eigenvalue weighted by molar-refractivity contribution is 5.79. The molecule has 0 atom stereocenters. The maximum absolute atomic E-state index is 11.7. The Morgan fingerprint density at radius 3 is 1.43 bits per heavy atom. The lowest BCUT2D eigenvalue weighted by Gasteiger charge is -2.13. The molecule has 2 aromatic carbocycles. The SMILES string of the molecule is COC(=O)Cc1ccc(-c2ccc(CC(=O)O)c(CC(=O)OC)c2)cc1CC(=O)O. The first kappa shape index (κ1) is 22.6. The van der Waals surface area contributed by atoms with Crippen LogP contribution in [-0.2, 0) is 54.3 Å². The number of methoxy groups -OCH3 is 2. The first-order chi connectivity index (χ1) is 14.2. The van der Waals surface area contributed by atoms with Crippen LogP contribution >= 0.6 is 0 Å². The third-order valence-electron chi connectivity index (χ3n) is 4.55. The van der Waals surface area contributed by atoms with Crippen LogP contribution < -0.4 is 0 Å². The van der Waals surface area contributed by atoms with E-state index in [9.17, 15) is 24.3 Å². The highest BCUT2D eigenvalue weighted by Crippen LogP contribution is 2.27. The largest absolute Gasteiger partial charge is 0.481 e. The first-order valence-corrected chi connectivity index (χ1v) is 9.04. The van der Waals surface area contributed by atoms with Gasteiger partial charge < -0.3 is 19.7 Å². The summed E-state index contributed by atoms with van der Waals surface area (Å²) in [7, 11) is 2.51. The van der Waals surface area contributed by atoms with E-state index < -0.39 is 23.9 Å². The summed E-state index contributed by atoms with van der Waals surface area (Å²) in [6.45, 7) is 0. The second-order valence-electron chi connectivity index (χ2n) is 6.61. The second kappa shape index (κ2) is 10.2. The van der Waals surface area contributed by atoms with Gasteiger partial charge in [0.05, 0.1) is 39.9 Å². The number of esters is 2. The molecule has 158 valence electrons. The van der Waals surface area contributed by atoms with E-state index in [1.807, 2.05) is 0 Å². The number of carboxylic acid groups (broad SMARTS) is 2. The van der Waals surface area contributed by atoms with Crippen molar-refractivity contribution in [3.63, 3.8) is 0 Å². The molecule has 0 amide bonds. The number of carboxylic acids is 2. The fraction of sp³-hybridized carbons (Fsp3) is 0.273. The molecule has 2 rings (SSSR count). The second-order valence-corrected chi connectivity index (χ2v) is 6.61. The minimum Gasteiger partial charge on any atom is -0.481 e. The van der Waals surface area contributed by atoms with Crippen LogP contribution in [0, 0.1) is 0 Å². The summed E-state index contributed by atoms with van der Waals surface area (Å²) < 4.78 is 9.35. The molecular formula is C22H22O8. The van der Waals surface area contributed by atoms with Crippen molar-refractivity contribution in [2.45, 2.75) is 25.7 Å². The Morgan fingerprint density at radius 1 is 0.633 bits per heavy atom. The van der Waals surface area contributed by atoms with Gasteiger partial charge in [0.25, 0.3) is 0 Å². The standard InChI is InChI=1S/C22H22O8/c1-29-21(27)11-16-6-4-13(7-17(16)10-20(25)26)14-3-5-15(9-19(23)24)18(8-14)12-22(28)30-2/h3-8H,9-12H2,1-2H3,(H,23,24)(H,25,26). The van der Waals surface area contributed by atoms with Crippen LogP contribution in [0.4, 0.5) is 0 Å². The molecule has 0 aliphatic heterocycles. The molecule has 8 nitrogen and oxygen atoms in total. The molecule has 0 saturated carbocycles. The summed E-state index contributed by atoms with van der Waals surface area (Å²) in [5, 5.41) is 18.3. The number of carbonyl (C=O) groups is 4. The minimum absolute atomic E-state index is 0.0511. The van der Waals surface area contributed by atoms with Gasteiger partial charge in [-0.25, -0.2) is 0 Å². The van der Waals surface area contributed by atoms with Crippen LogP contribution in [0.5, 0.6) is 0 Å². The van der Waals surface area contributed by atoms with Crippen LogP contribution in [0.15, 0.2) is 36.4 Å². The number of hydrogen-bond acceptors (Lipinski definition) is 6. The molecule has 0 aliphatic carbocycles. The van der Waals surface area contributed by atoms with Crippen molar-refractivity contribution in [1.82, 2.24) is 0 Å². The average molecular weight is 414 g/mol. The molecule has 8 heteroatoms. The van der Waals surface area contributed by atoms with Crippen LogP contribution in [0.25, 0.3) is 11.1 Å². The van der Waals surface area contributed by atoms with E-state index in [0.29, 0.717) is 33.4 Å². The molecule has 0 spiro atoms. The number of aliphatic carboxylic acids is 2. The molecule has 0 aliphatic rings. The van der Waals surface area contributed by atoms with E-state index in [1.54, 1.807) is 36.4 Å². The van der Waals surface area contributed by atoms with Gasteiger partial charge in [-0.3, -0.25) is 19.2 Å².